The topological polar surface area (TPSA) is 9.23 Å². The Labute approximate surface area is 134 Å². The first-order valence-corrected chi connectivity index (χ1v) is 8.86. The second kappa shape index (κ2) is 5.83. The molecule has 21 heavy (non-hydrogen) atoms. The van der Waals surface area contributed by atoms with Gasteiger partial charge in [-0.2, -0.15) is 0 Å². The van der Waals surface area contributed by atoms with E-state index in [-0.39, 0.29) is 5.41 Å². The van der Waals surface area contributed by atoms with E-state index in [0.717, 1.165) is 12.2 Å². The van der Waals surface area contributed by atoms with Crippen LogP contribution in [0.25, 0.3) is 0 Å². The Morgan fingerprint density at radius 3 is 2.24 bits per heavy atom. The zero-order valence-corrected chi connectivity index (χ0v) is 14.3. The lowest BCUT2D eigenvalue weighted by Gasteiger charge is -2.53. The normalized spacial score (nSPS) is 28.0. The summed E-state index contributed by atoms with van der Waals surface area (Å²) in [6.45, 7) is 6.49. The molecule has 0 N–H and O–H groups in total. The Hall–Kier alpha value is -0.690. The van der Waals surface area contributed by atoms with Crippen molar-refractivity contribution in [3.05, 3.63) is 28.8 Å². The molecule has 1 aromatic carbocycles. The van der Waals surface area contributed by atoms with Gasteiger partial charge in [-0.3, -0.25) is 0 Å². The van der Waals surface area contributed by atoms with E-state index in [4.69, 9.17) is 16.3 Å². The molecule has 2 unspecified atom stereocenters. The number of aryl methyl sites for hydroxylation is 2. The lowest BCUT2D eigenvalue weighted by Crippen LogP contribution is -2.57. The highest BCUT2D eigenvalue weighted by Gasteiger charge is 2.55. The Bertz CT molecular complexity index is 515. The summed E-state index contributed by atoms with van der Waals surface area (Å²) < 4.78 is 6.53. The van der Waals surface area contributed by atoms with Gasteiger partial charge in [-0.15, -0.1) is 11.6 Å². The summed E-state index contributed by atoms with van der Waals surface area (Å²) in [5.74, 6) is 1.10. The molecule has 0 radical (unpaired) electrons. The van der Waals surface area contributed by atoms with Crippen LogP contribution in [0.5, 0.6) is 5.75 Å². The van der Waals surface area contributed by atoms with Crippen LogP contribution < -0.4 is 4.74 Å². The van der Waals surface area contributed by atoms with Crippen molar-refractivity contribution < 1.29 is 4.74 Å². The fourth-order valence-electron chi connectivity index (χ4n) is 4.14. The highest BCUT2D eigenvalue weighted by Crippen LogP contribution is 2.55. The average Bonchev–Trinajstić information content (AvgIpc) is 2.74. The van der Waals surface area contributed by atoms with Gasteiger partial charge in [0.05, 0.1) is 0 Å². The van der Waals surface area contributed by atoms with Crippen molar-refractivity contribution in [2.45, 2.75) is 77.2 Å². The summed E-state index contributed by atoms with van der Waals surface area (Å²) in [6, 6.07) is 4.36. The largest absolute Gasteiger partial charge is 0.489 e. The average molecular weight is 307 g/mol. The molecule has 2 saturated carbocycles. The number of benzene rings is 1. The smallest absolute Gasteiger partial charge is 0.125 e. The summed E-state index contributed by atoms with van der Waals surface area (Å²) in [6.07, 6.45) is 9.17. The van der Waals surface area contributed by atoms with Crippen molar-refractivity contribution in [2.75, 3.05) is 0 Å². The highest BCUT2D eigenvalue weighted by molar-refractivity contribution is 6.21. The zero-order chi connectivity index (χ0) is 15.0. The molecule has 0 amide bonds. The van der Waals surface area contributed by atoms with E-state index >= 15 is 0 Å². The monoisotopic (exact) mass is 306 g/mol. The van der Waals surface area contributed by atoms with Crippen molar-refractivity contribution in [2.24, 2.45) is 5.41 Å². The number of rotatable bonds is 2. The molecule has 1 spiro atoms. The Morgan fingerprint density at radius 1 is 1.00 bits per heavy atom. The van der Waals surface area contributed by atoms with E-state index in [0.29, 0.717) is 11.5 Å². The van der Waals surface area contributed by atoms with Crippen molar-refractivity contribution in [1.29, 1.82) is 0 Å². The molecule has 0 saturated heterocycles. The summed E-state index contributed by atoms with van der Waals surface area (Å²) in [5, 5.41) is 0.311. The molecule has 0 aliphatic heterocycles. The molecule has 2 fully saturated rings. The van der Waals surface area contributed by atoms with Crippen LogP contribution >= 0.6 is 11.6 Å². The molecule has 116 valence electrons. The molecule has 1 aromatic rings. The predicted octanol–water partition coefficient (Wildman–Crippen LogP) is 5.71. The number of ether oxygens (including phenoxy) is 1. The molecule has 2 aliphatic carbocycles. The van der Waals surface area contributed by atoms with E-state index in [1.807, 2.05) is 0 Å². The van der Waals surface area contributed by atoms with Crippen LogP contribution in [0.15, 0.2) is 12.1 Å². The van der Waals surface area contributed by atoms with Gasteiger partial charge < -0.3 is 4.74 Å². The molecule has 0 heterocycles. The summed E-state index contributed by atoms with van der Waals surface area (Å²) >= 11 is 6.65. The summed E-state index contributed by atoms with van der Waals surface area (Å²) in [7, 11) is 0. The molecule has 3 rings (SSSR count). The first-order valence-electron chi connectivity index (χ1n) is 8.42. The first-order chi connectivity index (χ1) is 10.0. The third-order valence-electron chi connectivity index (χ3n) is 5.85. The SMILES string of the molecule is Cc1ccc(C)c(OC2CC(Cl)C23CCCCCC3)c1C. The van der Waals surface area contributed by atoms with Crippen LogP contribution in [0.3, 0.4) is 0 Å². The van der Waals surface area contributed by atoms with Crippen LogP contribution in [-0.4, -0.2) is 11.5 Å². The van der Waals surface area contributed by atoms with Crippen LogP contribution in [0.2, 0.25) is 0 Å². The zero-order valence-electron chi connectivity index (χ0n) is 13.5. The molecule has 1 nitrogen and oxygen atoms in total. The highest BCUT2D eigenvalue weighted by atomic mass is 35.5. The van der Waals surface area contributed by atoms with Gasteiger partial charge in [0.25, 0.3) is 0 Å². The maximum atomic E-state index is 6.65. The molecule has 2 heteroatoms. The third-order valence-corrected chi connectivity index (χ3v) is 6.47. The molecule has 2 atom stereocenters. The van der Waals surface area contributed by atoms with Gasteiger partial charge >= 0.3 is 0 Å². The van der Waals surface area contributed by atoms with E-state index in [1.54, 1.807) is 0 Å². The van der Waals surface area contributed by atoms with Gasteiger partial charge in [0, 0.05) is 17.2 Å². The third kappa shape index (κ3) is 2.59. The van der Waals surface area contributed by atoms with Crippen LogP contribution in [-0.2, 0) is 0 Å². The molecular weight excluding hydrogens is 280 g/mol. The molecule has 0 bridgehead atoms. The van der Waals surface area contributed by atoms with E-state index < -0.39 is 0 Å². The Morgan fingerprint density at radius 2 is 1.62 bits per heavy atom. The van der Waals surface area contributed by atoms with E-state index in [1.165, 1.54) is 55.2 Å². The van der Waals surface area contributed by atoms with Gasteiger partial charge in [0.2, 0.25) is 0 Å². The lowest BCUT2D eigenvalue weighted by atomic mass is 9.61. The summed E-state index contributed by atoms with van der Waals surface area (Å²) in [5.41, 5.74) is 4.09. The van der Waals surface area contributed by atoms with Gasteiger partial charge in [0.1, 0.15) is 11.9 Å². The number of hydrogen-bond donors (Lipinski definition) is 0. The summed E-state index contributed by atoms with van der Waals surface area (Å²) in [4.78, 5) is 0. The Kier molecular flexibility index (Phi) is 4.23. The standard InChI is InChI=1S/C19H27ClO/c1-13-8-9-14(2)18(15(13)3)21-17-12-16(20)19(17)10-6-4-5-7-11-19/h8-9,16-17H,4-7,10-12H2,1-3H3. The Balaban J connectivity index is 1.83. The van der Waals surface area contributed by atoms with Crippen molar-refractivity contribution in [3.8, 4) is 5.75 Å². The minimum Gasteiger partial charge on any atom is -0.489 e. The first kappa shape index (κ1) is 15.2. The maximum absolute atomic E-state index is 6.65. The van der Waals surface area contributed by atoms with Crippen molar-refractivity contribution in [1.82, 2.24) is 0 Å². The fourth-order valence-corrected chi connectivity index (χ4v) is 4.66. The minimum atomic E-state index is 0.237. The quantitative estimate of drug-likeness (QED) is 0.636. The number of hydrogen-bond acceptors (Lipinski definition) is 1. The van der Waals surface area contributed by atoms with E-state index in [9.17, 15) is 0 Å². The van der Waals surface area contributed by atoms with Crippen molar-refractivity contribution in [3.63, 3.8) is 0 Å². The van der Waals surface area contributed by atoms with E-state index in [2.05, 4.69) is 32.9 Å². The molecule has 2 aliphatic rings. The van der Waals surface area contributed by atoms with Crippen LogP contribution in [0, 0.1) is 26.2 Å². The van der Waals surface area contributed by atoms with Crippen LogP contribution in [0.1, 0.15) is 61.6 Å². The fraction of sp³-hybridized carbons (Fsp3) is 0.684. The lowest BCUT2D eigenvalue weighted by molar-refractivity contribution is -0.0519. The number of halogens is 1. The van der Waals surface area contributed by atoms with Gasteiger partial charge in [-0.05, 0) is 50.3 Å². The minimum absolute atomic E-state index is 0.237. The van der Waals surface area contributed by atoms with Crippen LogP contribution in [0.4, 0.5) is 0 Å². The molecule has 0 aromatic heterocycles. The number of alkyl halides is 1. The predicted molar refractivity (Wildman–Crippen MR) is 89.5 cm³/mol. The maximum Gasteiger partial charge on any atom is 0.125 e. The van der Waals surface area contributed by atoms with Crippen molar-refractivity contribution >= 4 is 11.6 Å². The van der Waals surface area contributed by atoms with Gasteiger partial charge in [-0.1, -0.05) is 37.8 Å². The molecular formula is C19H27ClO. The second-order valence-corrected chi connectivity index (χ2v) is 7.64. The van der Waals surface area contributed by atoms with Gasteiger partial charge in [0.15, 0.2) is 0 Å². The van der Waals surface area contributed by atoms with Gasteiger partial charge in [-0.25, -0.2) is 0 Å². The second-order valence-electron chi connectivity index (χ2n) is 7.11.